The van der Waals surface area contributed by atoms with Crippen LogP contribution in [0, 0.1) is 20.8 Å². The second kappa shape index (κ2) is 5.59. The average Bonchev–Trinajstić information content (AvgIpc) is 2.94. The van der Waals surface area contributed by atoms with Crippen molar-refractivity contribution >= 4 is 5.91 Å². The van der Waals surface area contributed by atoms with Gasteiger partial charge in [-0.05, 0) is 77.8 Å². The number of fused-ring (bicyclic) bond motifs is 3. The summed E-state index contributed by atoms with van der Waals surface area (Å²) in [6, 6.07) is 16.9. The van der Waals surface area contributed by atoms with Crippen molar-refractivity contribution in [2.45, 2.75) is 27.2 Å². The highest BCUT2D eigenvalue weighted by Gasteiger charge is 2.26. The second-order valence-electron chi connectivity index (χ2n) is 6.96. The molecule has 0 fully saturated rings. The van der Waals surface area contributed by atoms with E-state index in [9.17, 15) is 4.79 Å². The number of hydrogen-bond acceptors (Lipinski definition) is 1. The van der Waals surface area contributed by atoms with E-state index in [0.29, 0.717) is 5.56 Å². The van der Waals surface area contributed by atoms with Gasteiger partial charge in [0.2, 0.25) is 5.91 Å². The van der Waals surface area contributed by atoms with Crippen molar-refractivity contribution in [1.29, 1.82) is 0 Å². The number of primary amides is 1. The Balaban J connectivity index is 2.06. The van der Waals surface area contributed by atoms with Gasteiger partial charge in [0.1, 0.15) is 0 Å². The van der Waals surface area contributed by atoms with Gasteiger partial charge in [0.05, 0.1) is 0 Å². The van der Waals surface area contributed by atoms with Crippen molar-refractivity contribution in [1.82, 2.24) is 0 Å². The third kappa shape index (κ3) is 2.37. The first-order valence-corrected chi connectivity index (χ1v) is 8.59. The first-order chi connectivity index (χ1) is 12.0. The van der Waals surface area contributed by atoms with Crippen molar-refractivity contribution in [3.05, 3.63) is 81.9 Å². The van der Waals surface area contributed by atoms with Gasteiger partial charge >= 0.3 is 0 Å². The van der Waals surface area contributed by atoms with Gasteiger partial charge in [-0.15, -0.1) is 0 Å². The van der Waals surface area contributed by atoms with Crippen LogP contribution >= 0.6 is 0 Å². The molecule has 2 nitrogen and oxygen atoms in total. The van der Waals surface area contributed by atoms with Crippen LogP contribution in [-0.4, -0.2) is 5.91 Å². The molecular weight excluding hydrogens is 306 g/mol. The minimum Gasteiger partial charge on any atom is -0.366 e. The molecular formula is C23H21NO. The Bertz CT molecular complexity index is 1030. The molecule has 0 bridgehead atoms. The first-order valence-electron chi connectivity index (χ1n) is 8.59. The summed E-state index contributed by atoms with van der Waals surface area (Å²) in [6.07, 6.45) is 0.767. The van der Waals surface area contributed by atoms with Crippen LogP contribution in [0.5, 0.6) is 0 Å². The minimum absolute atomic E-state index is 0.353. The summed E-state index contributed by atoms with van der Waals surface area (Å²) in [6.45, 7) is 6.39. The van der Waals surface area contributed by atoms with Gasteiger partial charge in [-0.1, -0.05) is 48.0 Å². The highest BCUT2D eigenvalue weighted by atomic mass is 16.1. The number of nitrogens with two attached hydrogens (primary N) is 1. The summed E-state index contributed by atoms with van der Waals surface area (Å²) in [4.78, 5) is 12.0. The Kier molecular flexibility index (Phi) is 3.50. The molecule has 3 aromatic rings. The molecule has 0 unspecified atom stereocenters. The van der Waals surface area contributed by atoms with E-state index >= 15 is 0 Å². The maximum atomic E-state index is 12.0. The Morgan fingerprint density at radius 3 is 2.44 bits per heavy atom. The largest absolute Gasteiger partial charge is 0.366 e. The fourth-order valence-electron chi connectivity index (χ4n) is 3.94. The van der Waals surface area contributed by atoms with Gasteiger partial charge < -0.3 is 5.73 Å². The average molecular weight is 327 g/mol. The van der Waals surface area contributed by atoms with E-state index in [2.05, 4.69) is 63.2 Å². The molecule has 1 aliphatic carbocycles. The Morgan fingerprint density at radius 2 is 1.68 bits per heavy atom. The highest BCUT2D eigenvalue weighted by molar-refractivity contribution is 6.02. The predicted octanol–water partition coefficient (Wildman–Crippen LogP) is 4.95. The molecule has 124 valence electrons. The van der Waals surface area contributed by atoms with E-state index < -0.39 is 0 Å². The fourth-order valence-corrected chi connectivity index (χ4v) is 3.94. The second-order valence-corrected chi connectivity index (χ2v) is 6.96. The van der Waals surface area contributed by atoms with Gasteiger partial charge in [0.25, 0.3) is 0 Å². The highest BCUT2D eigenvalue weighted by Crippen LogP contribution is 2.45. The summed E-state index contributed by atoms with van der Waals surface area (Å²) in [5.41, 5.74) is 17.2. The lowest BCUT2D eigenvalue weighted by Crippen LogP contribution is -2.13. The van der Waals surface area contributed by atoms with Gasteiger partial charge in [-0.3, -0.25) is 4.79 Å². The third-order valence-electron chi connectivity index (χ3n) is 5.37. The lowest BCUT2D eigenvalue weighted by Gasteiger charge is -2.15. The molecule has 0 aliphatic heterocycles. The quantitative estimate of drug-likeness (QED) is 0.556. The first kappa shape index (κ1) is 15.6. The summed E-state index contributed by atoms with van der Waals surface area (Å²) in [7, 11) is 0. The van der Waals surface area contributed by atoms with E-state index in [1.807, 2.05) is 6.07 Å². The molecule has 0 spiro atoms. The molecule has 0 heterocycles. The monoisotopic (exact) mass is 327 g/mol. The standard InChI is InChI=1S/C23H21NO/c1-13-7-8-18-16(11-13)12-21-20(23(24)25)10-9-19(22(18)21)17-6-4-5-14(2)15(17)3/h4-11H,12H2,1-3H3,(H2,24,25). The van der Waals surface area contributed by atoms with Crippen LogP contribution in [0.2, 0.25) is 0 Å². The predicted molar refractivity (Wildman–Crippen MR) is 103 cm³/mol. The number of carbonyl (C=O) groups excluding carboxylic acids is 1. The number of carbonyl (C=O) groups is 1. The molecule has 0 aromatic heterocycles. The molecule has 0 radical (unpaired) electrons. The molecule has 2 heteroatoms. The van der Waals surface area contributed by atoms with E-state index in [1.165, 1.54) is 44.5 Å². The number of amides is 1. The van der Waals surface area contributed by atoms with Crippen molar-refractivity contribution in [2.24, 2.45) is 5.73 Å². The van der Waals surface area contributed by atoms with Crippen molar-refractivity contribution in [3.63, 3.8) is 0 Å². The lowest BCUT2D eigenvalue weighted by molar-refractivity contribution is 0.0999. The smallest absolute Gasteiger partial charge is 0.249 e. The fraction of sp³-hybridized carbons (Fsp3) is 0.174. The Hall–Kier alpha value is -2.87. The van der Waals surface area contributed by atoms with E-state index in [0.717, 1.165) is 12.0 Å². The number of rotatable bonds is 2. The topological polar surface area (TPSA) is 43.1 Å². The lowest BCUT2D eigenvalue weighted by atomic mass is 9.88. The normalized spacial score (nSPS) is 12.0. The zero-order chi connectivity index (χ0) is 17.7. The SMILES string of the molecule is Cc1ccc2c(c1)Cc1c(C(N)=O)ccc(-c3cccc(C)c3C)c1-2. The van der Waals surface area contributed by atoms with Crippen molar-refractivity contribution < 1.29 is 4.79 Å². The van der Waals surface area contributed by atoms with Crippen LogP contribution in [-0.2, 0) is 6.42 Å². The Morgan fingerprint density at radius 1 is 0.920 bits per heavy atom. The van der Waals surface area contributed by atoms with Crippen molar-refractivity contribution in [2.75, 3.05) is 0 Å². The van der Waals surface area contributed by atoms with Crippen LogP contribution in [0.4, 0.5) is 0 Å². The summed E-state index contributed by atoms with van der Waals surface area (Å²) < 4.78 is 0. The zero-order valence-corrected chi connectivity index (χ0v) is 14.8. The Labute approximate surface area is 148 Å². The molecule has 0 saturated heterocycles. The molecule has 2 N–H and O–H groups in total. The van der Waals surface area contributed by atoms with E-state index in [-0.39, 0.29) is 5.91 Å². The van der Waals surface area contributed by atoms with Crippen molar-refractivity contribution in [3.8, 4) is 22.3 Å². The van der Waals surface area contributed by atoms with Crippen LogP contribution in [0.1, 0.15) is 38.2 Å². The van der Waals surface area contributed by atoms with Gasteiger partial charge in [0.15, 0.2) is 0 Å². The zero-order valence-electron chi connectivity index (χ0n) is 14.8. The minimum atomic E-state index is -0.353. The van der Waals surface area contributed by atoms with Gasteiger partial charge in [-0.2, -0.15) is 0 Å². The van der Waals surface area contributed by atoms with Crippen LogP contribution < -0.4 is 5.73 Å². The number of benzene rings is 3. The molecule has 0 saturated carbocycles. The van der Waals surface area contributed by atoms with E-state index in [1.54, 1.807) is 0 Å². The molecule has 1 amide bonds. The van der Waals surface area contributed by atoms with Crippen LogP contribution in [0.3, 0.4) is 0 Å². The molecule has 0 atom stereocenters. The number of aryl methyl sites for hydroxylation is 2. The summed E-state index contributed by atoms with van der Waals surface area (Å²) in [5, 5.41) is 0. The molecule has 1 aliphatic rings. The summed E-state index contributed by atoms with van der Waals surface area (Å²) >= 11 is 0. The molecule has 3 aromatic carbocycles. The molecule has 25 heavy (non-hydrogen) atoms. The third-order valence-corrected chi connectivity index (χ3v) is 5.37. The molecule has 4 rings (SSSR count). The van der Waals surface area contributed by atoms with Gasteiger partial charge in [0, 0.05) is 5.56 Å². The maximum Gasteiger partial charge on any atom is 0.249 e. The summed E-state index contributed by atoms with van der Waals surface area (Å²) in [5.74, 6) is -0.353. The van der Waals surface area contributed by atoms with E-state index in [4.69, 9.17) is 5.73 Å². The van der Waals surface area contributed by atoms with Crippen LogP contribution in [0.15, 0.2) is 48.5 Å². The van der Waals surface area contributed by atoms with Gasteiger partial charge in [-0.25, -0.2) is 0 Å². The van der Waals surface area contributed by atoms with Crippen LogP contribution in [0.25, 0.3) is 22.3 Å². The maximum absolute atomic E-state index is 12.0. The number of hydrogen-bond donors (Lipinski definition) is 1.